The number of hydrogen-bond acceptors (Lipinski definition) is 10. The molecule has 1 amide bonds. The number of piperazine rings is 1. The number of rotatable bonds is 8. The van der Waals surface area contributed by atoms with Crippen LogP contribution in [0.5, 0.6) is 0 Å². The highest BCUT2D eigenvalue weighted by Crippen LogP contribution is 2.32. The van der Waals surface area contributed by atoms with Crippen LogP contribution in [-0.4, -0.2) is 88.0 Å². The van der Waals surface area contributed by atoms with E-state index in [1.54, 1.807) is 6.20 Å². The smallest absolute Gasteiger partial charge is 0.355 e. The van der Waals surface area contributed by atoms with Crippen LogP contribution in [0.4, 0.5) is 29.3 Å². The molecule has 1 aromatic carbocycles. The number of carbonyl (C=O) groups is 1. The first-order valence-electron chi connectivity index (χ1n) is 12.5. The van der Waals surface area contributed by atoms with Gasteiger partial charge in [0, 0.05) is 63.1 Å². The second-order valence-electron chi connectivity index (χ2n) is 9.47. The second kappa shape index (κ2) is 12.0. The molecule has 39 heavy (non-hydrogen) atoms. The molecule has 0 unspecified atom stereocenters. The summed E-state index contributed by atoms with van der Waals surface area (Å²) < 4.78 is 38.6. The number of benzene rings is 1. The first-order valence-corrected chi connectivity index (χ1v) is 13.7. The van der Waals surface area contributed by atoms with E-state index in [0.717, 1.165) is 37.5 Å². The average molecular weight is 582 g/mol. The first kappa shape index (κ1) is 27.5. The number of carbonyl (C=O) groups excluding carboxylic acids is 1. The standard InChI is InChI=1S/C24H27ClF3N9OS/c25-19-12-17(24(26,27)28)4-3-16(19)13-35-8-10-36(11-9-35)15-21(38)31-23-34-33-22(39-23)30-18-5-7-37(14-18)20-2-1-6-29-32-20/h1-4,6,12,18H,5,7-11,13-15H2,(H,30,33)(H,31,34,38)/t18-/m1/s1. The number of alkyl halides is 3. The molecular formula is C24H27ClF3N9OS. The number of anilines is 3. The molecule has 0 spiro atoms. The van der Waals surface area contributed by atoms with Crippen molar-refractivity contribution in [1.82, 2.24) is 30.2 Å². The maximum absolute atomic E-state index is 12.9. The molecule has 2 fully saturated rings. The third kappa shape index (κ3) is 7.32. The van der Waals surface area contributed by atoms with Crippen LogP contribution in [0.2, 0.25) is 5.02 Å². The van der Waals surface area contributed by atoms with Crippen molar-refractivity contribution in [2.24, 2.45) is 0 Å². The number of aromatic nitrogens is 4. The summed E-state index contributed by atoms with van der Waals surface area (Å²) in [7, 11) is 0. The van der Waals surface area contributed by atoms with Gasteiger partial charge in [0.25, 0.3) is 0 Å². The Morgan fingerprint density at radius 1 is 1.05 bits per heavy atom. The highest BCUT2D eigenvalue weighted by Gasteiger charge is 2.31. The summed E-state index contributed by atoms with van der Waals surface area (Å²) in [5.74, 6) is 0.669. The predicted molar refractivity (Wildman–Crippen MR) is 143 cm³/mol. The number of nitrogens with one attached hydrogen (secondary N) is 2. The van der Waals surface area contributed by atoms with Crippen molar-refractivity contribution in [2.45, 2.75) is 25.2 Å². The molecule has 2 saturated heterocycles. The monoisotopic (exact) mass is 581 g/mol. The summed E-state index contributed by atoms with van der Waals surface area (Å²) >= 11 is 7.39. The number of amides is 1. The molecule has 0 radical (unpaired) electrons. The van der Waals surface area contributed by atoms with E-state index in [1.165, 1.54) is 17.4 Å². The number of halogens is 4. The van der Waals surface area contributed by atoms with Gasteiger partial charge in [0.05, 0.1) is 12.1 Å². The molecule has 2 aliphatic heterocycles. The minimum atomic E-state index is -4.42. The Kier molecular flexibility index (Phi) is 8.45. The topological polar surface area (TPSA) is 102 Å². The lowest BCUT2D eigenvalue weighted by Gasteiger charge is -2.34. The van der Waals surface area contributed by atoms with Crippen molar-refractivity contribution in [2.75, 3.05) is 61.3 Å². The quantitative estimate of drug-likeness (QED) is 0.414. The fourth-order valence-electron chi connectivity index (χ4n) is 4.62. The molecule has 3 aromatic rings. The van der Waals surface area contributed by atoms with Crippen molar-refractivity contribution in [3.8, 4) is 0 Å². The van der Waals surface area contributed by atoms with Gasteiger partial charge in [0.2, 0.25) is 16.2 Å². The SMILES string of the molecule is O=C(CN1CCN(Cc2ccc(C(F)(F)F)cc2Cl)CC1)Nc1nnc(N[C@@H]2CCN(c3cccnn3)C2)s1. The molecule has 2 aromatic heterocycles. The molecule has 10 nitrogen and oxygen atoms in total. The van der Waals surface area contributed by atoms with E-state index in [0.29, 0.717) is 48.6 Å². The van der Waals surface area contributed by atoms with E-state index in [9.17, 15) is 18.0 Å². The lowest BCUT2D eigenvalue weighted by Crippen LogP contribution is -2.48. The van der Waals surface area contributed by atoms with E-state index < -0.39 is 11.7 Å². The Morgan fingerprint density at radius 2 is 1.82 bits per heavy atom. The van der Waals surface area contributed by atoms with Gasteiger partial charge in [-0.05, 0) is 36.2 Å². The second-order valence-corrected chi connectivity index (χ2v) is 10.9. The van der Waals surface area contributed by atoms with Crippen molar-refractivity contribution in [1.29, 1.82) is 0 Å². The molecule has 15 heteroatoms. The third-order valence-electron chi connectivity index (χ3n) is 6.68. The summed E-state index contributed by atoms with van der Waals surface area (Å²) in [5, 5.41) is 23.7. The molecular weight excluding hydrogens is 555 g/mol. The fourth-order valence-corrected chi connectivity index (χ4v) is 5.59. The Bertz CT molecular complexity index is 1270. The molecule has 4 heterocycles. The summed E-state index contributed by atoms with van der Waals surface area (Å²) in [4.78, 5) is 18.9. The number of hydrogen-bond donors (Lipinski definition) is 2. The van der Waals surface area contributed by atoms with Gasteiger partial charge in [-0.1, -0.05) is 29.0 Å². The Labute approximate surface area is 232 Å². The molecule has 0 aliphatic carbocycles. The zero-order valence-electron chi connectivity index (χ0n) is 20.9. The van der Waals surface area contributed by atoms with Crippen molar-refractivity contribution >= 4 is 44.9 Å². The first-order chi connectivity index (χ1) is 18.7. The van der Waals surface area contributed by atoms with Crippen LogP contribution in [-0.2, 0) is 17.5 Å². The van der Waals surface area contributed by atoms with Crippen LogP contribution in [0.3, 0.4) is 0 Å². The molecule has 2 aliphatic rings. The van der Waals surface area contributed by atoms with E-state index in [2.05, 4.69) is 40.8 Å². The maximum atomic E-state index is 12.9. The molecule has 0 saturated carbocycles. The molecule has 2 N–H and O–H groups in total. The van der Waals surface area contributed by atoms with E-state index in [1.807, 2.05) is 17.0 Å². The van der Waals surface area contributed by atoms with Gasteiger partial charge in [0.1, 0.15) is 0 Å². The molecule has 0 bridgehead atoms. The van der Waals surface area contributed by atoms with Crippen LogP contribution < -0.4 is 15.5 Å². The lowest BCUT2D eigenvalue weighted by atomic mass is 10.1. The zero-order valence-corrected chi connectivity index (χ0v) is 22.4. The van der Waals surface area contributed by atoms with E-state index >= 15 is 0 Å². The summed E-state index contributed by atoms with van der Waals surface area (Å²) in [6, 6.07) is 7.44. The van der Waals surface area contributed by atoms with Gasteiger partial charge in [-0.15, -0.1) is 15.3 Å². The molecule has 208 valence electrons. The van der Waals surface area contributed by atoms with Crippen molar-refractivity contribution in [3.05, 3.63) is 52.7 Å². The van der Waals surface area contributed by atoms with Crippen LogP contribution >= 0.6 is 22.9 Å². The van der Waals surface area contributed by atoms with Gasteiger partial charge < -0.3 is 10.2 Å². The molecule has 1 atom stereocenters. The van der Waals surface area contributed by atoms with Gasteiger partial charge in [0.15, 0.2) is 5.82 Å². The minimum Gasteiger partial charge on any atom is -0.355 e. The van der Waals surface area contributed by atoms with Crippen LogP contribution in [0, 0.1) is 0 Å². The highest BCUT2D eigenvalue weighted by atomic mass is 35.5. The van der Waals surface area contributed by atoms with Crippen molar-refractivity contribution < 1.29 is 18.0 Å². The van der Waals surface area contributed by atoms with Crippen LogP contribution in [0.15, 0.2) is 36.5 Å². The Hall–Kier alpha value is -3.07. The van der Waals surface area contributed by atoms with Gasteiger partial charge in [-0.3, -0.25) is 19.9 Å². The Morgan fingerprint density at radius 3 is 2.54 bits per heavy atom. The Balaban J connectivity index is 1.03. The summed E-state index contributed by atoms with van der Waals surface area (Å²) in [6.45, 7) is 4.95. The average Bonchev–Trinajstić information content (AvgIpc) is 3.56. The highest BCUT2D eigenvalue weighted by molar-refractivity contribution is 7.19. The van der Waals surface area contributed by atoms with E-state index in [4.69, 9.17) is 11.6 Å². The summed E-state index contributed by atoms with van der Waals surface area (Å²) in [6.07, 6.45) is -1.85. The molecule has 5 rings (SSSR count). The maximum Gasteiger partial charge on any atom is 0.416 e. The van der Waals surface area contributed by atoms with Crippen molar-refractivity contribution in [3.63, 3.8) is 0 Å². The predicted octanol–water partition coefficient (Wildman–Crippen LogP) is 3.45. The van der Waals surface area contributed by atoms with E-state index in [-0.39, 0.29) is 23.5 Å². The lowest BCUT2D eigenvalue weighted by molar-refractivity contribution is -0.137. The largest absolute Gasteiger partial charge is 0.416 e. The minimum absolute atomic E-state index is 0.105. The van der Waals surface area contributed by atoms with Crippen LogP contribution in [0.25, 0.3) is 0 Å². The normalized spacial score (nSPS) is 18.9. The third-order valence-corrected chi connectivity index (χ3v) is 7.80. The van der Waals surface area contributed by atoms with Gasteiger partial charge >= 0.3 is 6.18 Å². The number of nitrogens with zero attached hydrogens (tertiary/aromatic N) is 7. The van der Waals surface area contributed by atoms with Crippen LogP contribution in [0.1, 0.15) is 17.5 Å². The van der Waals surface area contributed by atoms with Gasteiger partial charge in [-0.2, -0.15) is 18.3 Å². The zero-order chi connectivity index (χ0) is 27.4. The fraction of sp³-hybridized carbons (Fsp3) is 0.458. The summed E-state index contributed by atoms with van der Waals surface area (Å²) in [5.41, 5.74) is -0.107. The van der Waals surface area contributed by atoms with Gasteiger partial charge in [-0.25, -0.2) is 0 Å².